The van der Waals surface area contributed by atoms with E-state index in [0.29, 0.717) is 19.8 Å². The first kappa shape index (κ1) is 11.6. The maximum absolute atomic E-state index is 8.60. The van der Waals surface area contributed by atoms with E-state index in [1.54, 1.807) is 0 Å². The van der Waals surface area contributed by atoms with Crippen LogP contribution in [-0.2, 0) is 9.47 Å². The highest BCUT2D eigenvalue weighted by atomic mass is 16.5. The van der Waals surface area contributed by atoms with Crippen molar-refractivity contribution >= 4 is 0 Å². The Kier molecular flexibility index (Phi) is 7.05. The first-order chi connectivity index (χ1) is 5.66. The number of ether oxygens (including phenoxy) is 2. The van der Waals surface area contributed by atoms with Crippen molar-refractivity contribution in [2.75, 3.05) is 26.4 Å². The molecule has 0 heterocycles. The molecule has 72 valence electrons. The standard InChI is InChI=1S/C9H18O3/c1-8(2)7-11-4-5-12-9(3)6-10/h9-10H,1,4-7H2,2-3H3. The van der Waals surface area contributed by atoms with Crippen LogP contribution in [0.5, 0.6) is 0 Å². The highest BCUT2D eigenvalue weighted by Crippen LogP contribution is 1.91. The molecule has 3 nitrogen and oxygen atoms in total. The van der Waals surface area contributed by atoms with E-state index in [1.807, 2.05) is 13.8 Å². The van der Waals surface area contributed by atoms with Gasteiger partial charge in [-0.3, -0.25) is 0 Å². The Bertz CT molecular complexity index is 123. The Morgan fingerprint density at radius 2 is 2.17 bits per heavy atom. The Morgan fingerprint density at radius 3 is 2.67 bits per heavy atom. The normalized spacial score (nSPS) is 12.9. The van der Waals surface area contributed by atoms with Crippen LogP contribution in [0.2, 0.25) is 0 Å². The quantitative estimate of drug-likeness (QED) is 0.462. The molecule has 0 amide bonds. The van der Waals surface area contributed by atoms with E-state index in [0.717, 1.165) is 5.57 Å². The third-order valence-electron chi connectivity index (χ3n) is 1.24. The number of aliphatic hydroxyl groups is 1. The average molecular weight is 174 g/mol. The third-order valence-corrected chi connectivity index (χ3v) is 1.24. The van der Waals surface area contributed by atoms with Crippen molar-refractivity contribution in [3.63, 3.8) is 0 Å². The molecule has 0 aliphatic rings. The van der Waals surface area contributed by atoms with Crippen LogP contribution in [0.4, 0.5) is 0 Å². The zero-order chi connectivity index (χ0) is 9.40. The minimum Gasteiger partial charge on any atom is -0.394 e. The summed E-state index contributed by atoms with van der Waals surface area (Å²) in [7, 11) is 0. The van der Waals surface area contributed by atoms with Crippen LogP contribution in [0.1, 0.15) is 13.8 Å². The van der Waals surface area contributed by atoms with Crippen molar-refractivity contribution in [1.29, 1.82) is 0 Å². The minimum absolute atomic E-state index is 0.0560. The second kappa shape index (κ2) is 7.28. The van der Waals surface area contributed by atoms with Gasteiger partial charge in [0.1, 0.15) is 0 Å². The fraction of sp³-hybridized carbons (Fsp3) is 0.778. The second-order valence-electron chi connectivity index (χ2n) is 2.87. The van der Waals surface area contributed by atoms with Gasteiger partial charge in [-0.05, 0) is 13.8 Å². The lowest BCUT2D eigenvalue weighted by molar-refractivity contribution is -0.00679. The molecule has 0 saturated carbocycles. The molecule has 12 heavy (non-hydrogen) atoms. The number of rotatable bonds is 7. The molecule has 0 aliphatic carbocycles. The van der Waals surface area contributed by atoms with E-state index in [1.165, 1.54) is 0 Å². The summed E-state index contributed by atoms with van der Waals surface area (Å²) in [5.74, 6) is 0. The molecule has 1 unspecified atom stereocenters. The van der Waals surface area contributed by atoms with Gasteiger partial charge in [0, 0.05) is 0 Å². The van der Waals surface area contributed by atoms with Gasteiger partial charge in [-0.15, -0.1) is 0 Å². The zero-order valence-electron chi connectivity index (χ0n) is 7.88. The van der Waals surface area contributed by atoms with Gasteiger partial charge in [0.05, 0.1) is 32.5 Å². The molecule has 0 aliphatic heterocycles. The molecule has 3 heteroatoms. The van der Waals surface area contributed by atoms with Gasteiger partial charge in [0.15, 0.2) is 0 Å². The lowest BCUT2D eigenvalue weighted by atomic mass is 10.4. The van der Waals surface area contributed by atoms with E-state index in [-0.39, 0.29) is 12.7 Å². The Balaban J connectivity index is 3.05. The third kappa shape index (κ3) is 7.72. The molecule has 1 N–H and O–H groups in total. The van der Waals surface area contributed by atoms with Gasteiger partial charge in [-0.1, -0.05) is 12.2 Å². The molecular formula is C9H18O3. The average Bonchev–Trinajstić information content (AvgIpc) is 2.03. The van der Waals surface area contributed by atoms with Crippen LogP contribution in [0.25, 0.3) is 0 Å². The Morgan fingerprint density at radius 1 is 1.50 bits per heavy atom. The molecule has 0 fully saturated rings. The summed E-state index contributed by atoms with van der Waals surface area (Å²) in [6.45, 7) is 9.14. The largest absolute Gasteiger partial charge is 0.394 e. The fourth-order valence-corrected chi connectivity index (χ4v) is 0.607. The molecule has 0 spiro atoms. The van der Waals surface area contributed by atoms with Crippen LogP contribution < -0.4 is 0 Å². The van der Waals surface area contributed by atoms with Gasteiger partial charge < -0.3 is 14.6 Å². The SMILES string of the molecule is C=C(C)COCCOC(C)CO. The van der Waals surface area contributed by atoms with Crippen molar-refractivity contribution in [2.24, 2.45) is 0 Å². The monoisotopic (exact) mass is 174 g/mol. The molecular weight excluding hydrogens is 156 g/mol. The predicted octanol–water partition coefficient (Wildman–Crippen LogP) is 0.976. The maximum Gasteiger partial charge on any atom is 0.0778 e. The zero-order valence-corrected chi connectivity index (χ0v) is 7.88. The van der Waals surface area contributed by atoms with Crippen molar-refractivity contribution in [3.8, 4) is 0 Å². The smallest absolute Gasteiger partial charge is 0.0778 e. The van der Waals surface area contributed by atoms with E-state index >= 15 is 0 Å². The van der Waals surface area contributed by atoms with Gasteiger partial charge in [0.25, 0.3) is 0 Å². The van der Waals surface area contributed by atoms with Crippen molar-refractivity contribution in [1.82, 2.24) is 0 Å². The van der Waals surface area contributed by atoms with Gasteiger partial charge in [-0.2, -0.15) is 0 Å². The minimum atomic E-state index is -0.0987. The molecule has 0 rings (SSSR count). The lowest BCUT2D eigenvalue weighted by Crippen LogP contribution is -2.16. The molecule has 0 aromatic rings. The molecule has 0 saturated heterocycles. The summed E-state index contributed by atoms with van der Waals surface area (Å²) in [6.07, 6.45) is -0.0987. The van der Waals surface area contributed by atoms with Crippen LogP contribution in [0.15, 0.2) is 12.2 Å². The van der Waals surface area contributed by atoms with E-state index < -0.39 is 0 Å². The first-order valence-corrected chi connectivity index (χ1v) is 4.11. The molecule has 0 aromatic heterocycles. The number of hydrogen-bond donors (Lipinski definition) is 1. The summed E-state index contributed by atoms with van der Waals surface area (Å²) in [6, 6.07) is 0. The van der Waals surface area contributed by atoms with Crippen LogP contribution in [0, 0.1) is 0 Å². The van der Waals surface area contributed by atoms with E-state index in [9.17, 15) is 0 Å². The Hall–Kier alpha value is -0.380. The topological polar surface area (TPSA) is 38.7 Å². The summed E-state index contributed by atoms with van der Waals surface area (Å²) < 4.78 is 10.4. The number of aliphatic hydroxyl groups excluding tert-OH is 1. The summed E-state index contributed by atoms with van der Waals surface area (Å²) in [5, 5.41) is 8.60. The summed E-state index contributed by atoms with van der Waals surface area (Å²) in [5.41, 5.74) is 1.00. The fourth-order valence-electron chi connectivity index (χ4n) is 0.607. The van der Waals surface area contributed by atoms with Gasteiger partial charge in [0.2, 0.25) is 0 Å². The highest BCUT2D eigenvalue weighted by Gasteiger charge is 1.97. The van der Waals surface area contributed by atoms with Gasteiger partial charge in [-0.25, -0.2) is 0 Å². The lowest BCUT2D eigenvalue weighted by Gasteiger charge is -2.09. The van der Waals surface area contributed by atoms with Crippen molar-refractivity contribution in [3.05, 3.63) is 12.2 Å². The van der Waals surface area contributed by atoms with Crippen LogP contribution in [0.3, 0.4) is 0 Å². The van der Waals surface area contributed by atoms with Crippen LogP contribution in [-0.4, -0.2) is 37.6 Å². The molecule has 0 bridgehead atoms. The van der Waals surface area contributed by atoms with Crippen molar-refractivity contribution < 1.29 is 14.6 Å². The summed E-state index contributed by atoms with van der Waals surface area (Å²) in [4.78, 5) is 0. The molecule has 0 radical (unpaired) electrons. The van der Waals surface area contributed by atoms with Gasteiger partial charge >= 0.3 is 0 Å². The number of hydrogen-bond acceptors (Lipinski definition) is 3. The molecule has 1 atom stereocenters. The highest BCUT2D eigenvalue weighted by molar-refractivity contribution is 4.87. The molecule has 0 aromatic carbocycles. The second-order valence-corrected chi connectivity index (χ2v) is 2.87. The predicted molar refractivity (Wildman–Crippen MR) is 48.1 cm³/mol. The van der Waals surface area contributed by atoms with Crippen molar-refractivity contribution in [2.45, 2.75) is 20.0 Å². The maximum atomic E-state index is 8.60. The van der Waals surface area contributed by atoms with E-state index in [4.69, 9.17) is 14.6 Å². The summed E-state index contributed by atoms with van der Waals surface area (Å²) >= 11 is 0. The van der Waals surface area contributed by atoms with E-state index in [2.05, 4.69) is 6.58 Å². The van der Waals surface area contributed by atoms with Crippen LogP contribution >= 0.6 is 0 Å². The Labute approximate surface area is 74.0 Å². The first-order valence-electron chi connectivity index (χ1n) is 4.11.